The van der Waals surface area contributed by atoms with E-state index in [2.05, 4.69) is 9.98 Å². The molecule has 0 N–H and O–H groups in total. The Hall–Kier alpha value is -3.86. The molecule has 3 unspecified atom stereocenters. The number of isocyanates is 2. The van der Waals surface area contributed by atoms with Crippen molar-refractivity contribution in [1.82, 2.24) is 0 Å². The molecule has 3 atom stereocenters. The van der Waals surface area contributed by atoms with Crippen molar-refractivity contribution in [3.8, 4) is 0 Å². The van der Waals surface area contributed by atoms with Gasteiger partial charge in [0.1, 0.15) is 12.7 Å². The fraction of sp³-hybridized carbons (Fsp3) is 0.304. The van der Waals surface area contributed by atoms with Crippen molar-refractivity contribution < 1.29 is 28.7 Å². The number of rotatable bonds is 11. The maximum absolute atomic E-state index is 12.4. The minimum atomic E-state index is -1.05. The Labute approximate surface area is 179 Å². The Morgan fingerprint density at radius 1 is 0.806 bits per heavy atom. The molecule has 8 heteroatoms. The molecule has 0 amide bonds. The number of ether oxygens (including phenoxy) is 2. The Bertz CT molecular complexity index is 951. The first-order chi connectivity index (χ1) is 15.0. The second-order valence-electron chi connectivity index (χ2n) is 6.73. The van der Waals surface area contributed by atoms with E-state index in [0.29, 0.717) is 0 Å². The van der Waals surface area contributed by atoms with Crippen LogP contribution in [0.15, 0.2) is 70.6 Å². The third kappa shape index (κ3) is 8.19. The zero-order valence-electron chi connectivity index (χ0n) is 17.0. The lowest BCUT2D eigenvalue weighted by Gasteiger charge is -2.17. The summed E-state index contributed by atoms with van der Waals surface area (Å²) < 4.78 is 10.4. The predicted octanol–water partition coefficient (Wildman–Crippen LogP) is 2.36. The lowest BCUT2D eigenvalue weighted by atomic mass is 10.1. The minimum absolute atomic E-state index is 0.175. The Morgan fingerprint density at radius 3 is 1.71 bits per heavy atom. The fourth-order valence-corrected chi connectivity index (χ4v) is 2.77. The molecule has 0 saturated carbocycles. The van der Waals surface area contributed by atoms with Gasteiger partial charge in [0.25, 0.3) is 0 Å². The Morgan fingerprint density at radius 2 is 1.26 bits per heavy atom. The van der Waals surface area contributed by atoms with Crippen LogP contribution in [0.1, 0.15) is 18.1 Å². The van der Waals surface area contributed by atoms with Gasteiger partial charge in [-0.25, -0.2) is 19.2 Å². The van der Waals surface area contributed by atoms with Gasteiger partial charge in [-0.05, 0) is 18.1 Å². The van der Waals surface area contributed by atoms with Crippen LogP contribution in [0.5, 0.6) is 0 Å². The van der Waals surface area contributed by atoms with Gasteiger partial charge in [-0.2, -0.15) is 9.98 Å². The van der Waals surface area contributed by atoms with Gasteiger partial charge in [0.2, 0.25) is 12.2 Å². The van der Waals surface area contributed by atoms with E-state index in [9.17, 15) is 19.2 Å². The highest BCUT2D eigenvalue weighted by Gasteiger charge is 2.24. The van der Waals surface area contributed by atoms with Crippen molar-refractivity contribution in [3.05, 3.63) is 71.8 Å². The molecule has 2 aromatic rings. The average molecular weight is 422 g/mol. The maximum atomic E-state index is 12.4. The van der Waals surface area contributed by atoms with Crippen LogP contribution in [0.2, 0.25) is 0 Å². The highest BCUT2D eigenvalue weighted by Crippen LogP contribution is 2.10. The lowest BCUT2D eigenvalue weighted by molar-refractivity contribution is -0.159. The van der Waals surface area contributed by atoms with E-state index >= 15 is 0 Å². The van der Waals surface area contributed by atoms with E-state index in [1.807, 2.05) is 12.1 Å². The van der Waals surface area contributed by atoms with Crippen LogP contribution in [0.4, 0.5) is 0 Å². The van der Waals surface area contributed by atoms with Crippen molar-refractivity contribution >= 4 is 24.1 Å². The number of carbonyl (C=O) groups excluding carboxylic acids is 4. The van der Waals surface area contributed by atoms with Crippen LogP contribution < -0.4 is 0 Å². The summed E-state index contributed by atoms with van der Waals surface area (Å²) in [5, 5.41) is 0. The first kappa shape index (κ1) is 23.4. The SMILES string of the molecule is CC(COC(=O)C(Cc1ccccc1)N=C=O)OC(=O)C(Cc1ccccc1)N=C=O. The third-order valence-corrected chi connectivity index (χ3v) is 4.28. The van der Waals surface area contributed by atoms with E-state index in [0.717, 1.165) is 11.1 Å². The number of carbonyl (C=O) groups is 2. The van der Waals surface area contributed by atoms with Crippen molar-refractivity contribution in [3.63, 3.8) is 0 Å². The Balaban J connectivity index is 1.90. The first-order valence-corrected chi connectivity index (χ1v) is 9.62. The molecule has 31 heavy (non-hydrogen) atoms. The summed E-state index contributed by atoms with van der Waals surface area (Å²) in [4.78, 5) is 53.1. The second-order valence-corrected chi connectivity index (χ2v) is 6.73. The van der Waals surface area contributed by atoms with Crippen LogP contribution >= 0.6 is 0 Å². The lowest BCUT2D eigenvalue weighted by Crippen LogP contribution is -2.32. The largest absolute Gasteiger partial charge is 0.460 e. The summed E-state index contributed by atoms with van der Waals surface area (Å²) in [6, 6.07) is 16.0. The summed E-state index contributed by atoms with van der Waals surface area (Å²) in [7, 11) is 0. The van der Waals surface area contributed by atoms with Gasteiger partial charge in [-0.15, -0.1) is 0 Å². The summed E-state index contributed by atoms with van der Waals surface area (Å²) >= 11 is 0. The van der Waals surface area contributed by atoms with Crippen molar-refractivity contribution in [1.29, 1.82) is 0 Å². The standard InChI is InChI=1S/C23H22N2O6/c1-17(31-23(29)21(25-16-27)13-19-10-6-3-7-11-19)14-30-22(28)20(24-15-26)12-18-8-4-2-5-9-18/h2-11,17,20-21H,12-14H2,1H3. The molecule has 0 heterocycles. The summed E-state index contributed by atoms with van der Waals surface area (Å²) in [5.74, 6) is -1.47. The molecule has 2 aromatic carbocycles. The van der Waals surface area contributed by atoms with Gasteiger partial charge < -0.3 is 9.47 Å². The minimum Gasteiger partial charge on any atom is -0.460 e. The molecule has 0 aliphatic carbocycles. The summed E-state index contributed by atoms with van der Waals surface area (Å²) in [6.07, 6.45) is 2.32. The number of benzene rings is 2. The third-order valence-electron chi connectivity index (χ3n) is 4.28. The number of hydrogen-bond acceptors (Lipinski definition) is 8. The molecule has 0 fully saturated rings. The van der Waals surface area contributed by atoms with Gasteiger partial charge >= 0.3 is 11.9 Å². The zero-order chi connectivity index (χ0) is 22.5. The van der Waals surface area contributed by atoms with E-state index < -0.39 is 30.1 Å². The predicted molar refractivity (Wildman–Crippen MR) is 111 cm³/mol. The number of hydrogen-bond donors (Lipinski definition) is 0. The van der Waals surface area contributed by atoms with Gasteiger partial charge in [-0.3, -0.25) is 0 Å². The molecule has 0 radical (unpaired) electrons. The van der Waals surface area contributed by atoms with Crippen molar-refractivity contribution in [2.45, 2.75) is 38.0 Å². The van der Waals surface area contributed by atoms with E-state index in [-0.39, 0.29) is 19.4 Å². The highest BCUT2D eigenvalue weighted by molar-refractivity contribution is 5.78. The number of nitrogens with zero attached hydrogens (tertiary/aromatic N) is 2. The number of esters is 2. The maximum Gasteiger partial charge on any atom is 0.332 e. The van der Waals surface area contributed by atoms with Crippen LogP contribution in [-0.4, -0.2) is 48.9 Å². The van der Waals surface area contributed by atoms with Crippen LogP contribution in [0, 0.1) is 0 Å². The van der Waals surface area contributed by atoms with E-state index in [1.54, 1.807) is 48.5 Å². The van der Waals surface area contributed by atoms with Gasteiger partial charge in [0.15, 0.2) is 12.1 Å². The molecule has 0 bridgehead atoms. The molecular formula is C23H22N2O6. The normalized spacial score (nSPS) is 12.9. The zero-order valence-corrected chi connectivity index (χ0v) is 17.0. The molecule has 0 aromatic heterocycles. The molecule has 0 aliphatic rings. The summed E-state index contributed by atoms with van der Waals surface area (Å²) in [5.41, 5.74) is 1.61. The smallest absolute Gasteiger partial charge is 0.332 e. The topological polar surface area (TPSA) is 111 Å². The molecule has 0 aliphatic heterocycles. The fourth-order valence-electron chi connectivity index (χ4n) is 2.77. The molecule has 0 saturated heterocycles. The van der Waals surface area contributed by atoms with Gasteiger partial charge in [-0.1, -0.05) is 60.7 Å². The van der Waals surface area contributed by atoms with Crippen LogP contribution in [0.25, 0.3) is 0 Å². The molecular weight excluding hydrogens is 400 g/mol. The monoisotopic (exact) mass is 422 g/mol. The van der Waals surface area contributed by atoms with Gasteiger partial charge in [0.05, 0.1) is 0 Å². The average Bonchev–Trinajstić information content (AvgIpc) is 2.78. The highest BCUT2D eigenvalue weighted by atomic mass is 16.6. The molecule has 8 nitrogen and oxygen atoms in total. The first-order valence-electron chi connectivity index (χ1n) is 9.62. The van der Waals surface area contributed by atoms with Gasteiger partial charge in [0, 0.05) is 12.8 Å². The van der Waals surface area contributed by atoms with Crippen molar-refractivity contribution in [2.24, 2.45) is 9.98 Å². The van der Waals surface area contributed by atoms with E-state index in [1.165, 1.54) is 19.1 Å². The van der Waals surface area contributed by atoms with Crippen molar-refractivity contribution in [2.75, 3.05) is 6.61 Å². The van der Waals surface area contributed by atoms with Crippen LogP contribution in [0.3, 0.4) is 0 Å². The van der Waals surface area contributed by atoms with Crippen LogP contribution in [-0.2, 0) is 41.5 Å². The molecule has 0 spiro atoms. The quantitative estimate of drug-likeness (QED) is 0.312. The summed E-state index contributed by atoms with van der Waals surface area (Å²) in [6.45, 7) is 1.29. The molecule has 2 rings (SSSR count). The second kappa shape index (κ2) is 12.6. The number of aliphatic imine (C=N–C) groups is 2. The molecule has 160 valence electrons. The Kier molecular flexibility index (Phi) is 9.56. The van der Waals surface area contributed by atoms with E-state index in [4.69, 9.17) is 9.47 Å².